The molecule has 4 rings (SSSR count). The molecule has 166 valence electrons. The maximum absolute atomic E-state index is 12.9. The van der Waals surface area contributed by atoms with E-state index in [0.717, 1.165) is 68.9 Å². The summed E-state index contributed by atoms with van der Waals surface area (Å²) < 4.78 is 10.5. The van der Waals surface area contributed by atoms with E-state index in [4.69, 9.17) is 9.15 Å². The number of amides is 2. The Bertz CT molecular complexity index is 857. The van der Waals surface area contributed by atoms with Crippen LogP contribution < -0.4 is 5.32 Å². The molecule has 2 aliphatic heterocycles. The molecule has 7 heteroatoms. The number of hydrogen-bond donors (Lipinski definition) is 1. The molecule has 2 amide bonds. The van der Waals surface area contributed by atoms with Crippen LogP contribution in [0.25, 0.3) is 11.3 Å². The molecule has 1 aromatic heterocycles. The first-order chi connectivity index (χ1) is 15.1. The van der Waals surface area contributed by atoms with Crippen LogP contribution in [0.3, 0.4) is 0 Å². The topological polar surface area (TPSA) is 75.0 Å². The summed E-state index contributed by atoms with van der Waals surface area (Å²) in [5, 5.41) is 3.08. The van der Waals surface area contributed by atoms with Crippen LogP contribution in [0.1, 0.15) is 32.6 Å². The average molecular weight is 426 g/mol. The highest BCUT2D eigenvalue weighted by Crippen LogP contribution is 2.26. The van der Waals surface area contributed by atoms with Crippen LogP contribution in [0.2, 0.25) is 0 Å². The van der Waals surface area contributed by atoms with Gasteiger partial charge in [0, 0.05) is 36.9 Å². The average Bonchev–Trinajstić information content (AvgIpc) is 3.35. The molecule has 1 atom stereocenters. The largest absolute Gasteiger partial charge is 0.464 e. The number of rotatable bonds is 5. The molecule has 1 aromatic carbocycles. The fourth-order valence-corrected chi connectivity index (χ4v) is 4.59. The van der Waals surface area contributed by atoms with E-state index in [9.17, 15) is 9.59 Å². The summed E-state index contributed by atoms with van der Waals surface area (Å²) >= 11 is 0. The predicted octanol–water partition coefficient (Wildman–Crippen LogP) is 4.22. The molecule has 1 N–H and O–H groups in total. The number of piperidine rings is 2. The molecule has 0 saturated carbocycles. The van der Waals surface area contributed by atoms with Gasteiger partial charge in [-0.15, -0.1) is 0 Å². The van der Waals surface area contributed by atoms with Gasteiger partial charge in [-0.25, -0.2) is 4.79 Å². The Kier molecular flexibility index (Phi) is 6.92. The number of benzene rings is 1. The van der Waals surface area contributed by atoms with Crippen molar-refractivity contribution in [2.24, 2.45) is 5.92 Å². The first kappa shape index (κ1) is 21.4. The second-order valence-corrected chi connectivity index (χ2v) is 8.30. The lowest BCUT2D eigenvalue weighted by Gasteiger charge is -2.41. The van der Waals surface area contributed by atoms with Crippen LogP contribution in [0.5, 0.6) is 0 Å². The zero-order valence-corrected chi connectivity index (χ0v) is 18.1. The summed E-state index contributed by atoms with van der Waals surface area (Å²) in [5.74, 6) is 0.885. The molecule has 7 nitrogen and oxygen atoms in total. The van der Waals surface area contributed by atoms with E-state index in [1.54, 1.807) is 11.2 Å². The fraction of sp³-hybridized carbons (Fsp3) is 0.500. The number of ether oxygens (including phenoxy) is 1. The molecule has 3 heterocycles. The SMILES string of the molecule is CCOC(=O)N1CCC(N2CCC[C@@H](C(=O)Nc3ccc(-c4ccco4)cc3)C2)CC1. The Morgan fingerprint density at radius 3 is 2.55 bits per heavy atom. The monoisotopic (exact) mass is 425 g/mol. The molecule has 0 bridgehead atoms. The standard InChI is InChI=1S/C24H31N3O4/c1-2-30-24(29)26-14-11-21(12-15-26)27-13-3-5-19(17-27)23(28)25-20-9-7-18(8-10-20)22-6-4-16-31-22/h4,6-10,16,19,21H,2-3,5,11-15,17H2,1H3,(H,25,28)/t19-/m1/s1. The van der Waals surface area contributed by atoms with Gasteiger partial charge < -0.3 is 19.4 Å². The molecule has 31 heavy (non-hydrogen) atoms. The third-order valence-electron chi connectivity index (χ3n) is 6.29. The third-order valence-corrected chi connectivity index (χ3v) is 6.29. The van der Waals surface area contributed by atoms with Gasteiger partial charge in [0.25, 0.3) is 0 Å². The van der Waals surface area contributed by atoms with Gasteiger partial charge >= 0.3 is 6.09 Å². The number of likely N-dealkylation sites (tertiary alicyclic amines) is 2. The molecule has 2 aliphatic rings. The number of nitrogens with one attached hydrogen (secondary N) is 1. The number of furan rings is 1. The van der Waals surface area contributed by atoms with Crippen LogP contribution in [-0.2, 0) is 9.53 Å². The zero-order chi connectivity index (χ0) is 21.6. The quantitative estimate of drug-likeness (QED) is 0.776. The highest BCUT2D eigenvalue weighted by Gasteiger charge is 2.32. The summed E-state index contributed by atoms with van der Waals surface area (Å²) in [6.45, 7) is 5.48. The molecule has 0 spiro atoms. The van der Waals surface area contributed by atoms with Gasteiger partial charge in [-0.05, 0) is 75.5 Å². The van der Waals surface area contributed by atoms with E-state index >= 15 is 0 Å². The van der Waals surface area contributed by atoms with Crippen molar-refractivity contribution in [2.75, 3.05) is 38.1 Å². The second-order valence-electron chi connectivity index (χ2n) is 8.30. The van der Waals surface area contributed by atoms with E-state index in [1.165, 1.54) is 0 Å². The van der Waals surface area contributed by atoms with Crippen molar-refractivity contribution in [1.29, 1.82) is 0 Å². The van der Waals surface area contributed by atoms with Crippen LogP contribution >= 0.6 is 0 Å². The molecule has 0 aliphatic carbocycles. The smallest absolute Gasteiger partial charge is 0.409 e. The van der Waals surface area contributed by atoms with E-state index in [1.807, 2.05) is 43.3 Å². The maximum Gasteiger partial charge on any atom is 0.409 e. The Labute approximate surface area is 183 Å². The van der Waals surface area contributed by atoms with E-state index in [-0.39, 0.29) is 17.9 Å². The Morgan fingerprint density at radius 1 is 1.10 bits per heavy atom. The lowest BCUT2D eigenvalue weighted by Crippen LogP contribution is -2.51. The lowest BCUT2D eigenvalue weighted by atomic mass is 9.93. The fourth-order valence-electron chi connectivity index (χ4n) is 4.59. The van der Waals surface area contributed by atoms with E-state index < -0.39 is 0 Å². The van der Waals surface area contributed by atoms with Crippen molar-refractivity contribution >= 4 is 17.7 Å². The van der Waals surface area contributed by atoms with Crippen LogP contribution in [-0.4, -0.2) is 60.6 Å². The molecule has 0 radical (unpaired) electrons. The van der Waals surface area contributed by atoms with Gasteiger partial charge in [-0.2, -0.15) is 0 Å². The summed E-state index contributed by atoms with van der Waals surface area (Å²) in [6.07, 6.45) is 5.24. The lowest BCUT2D eigenvalue weighted by molar-refractivity contribution is -0.122. The zero-order valence-electron chi connectivity index (χ0n) is 18.1. The summed E-state index contributed by atoms with van der Waals surface area (Å²) in [7, 11) is 0. The van der Waals surface area contributed by atoms with Gasteiger partial charge in [0.05, 0.1) is 18.8 Å². The number of hydrogen-bond acceptors (Lipinski definition) is 5. The number of carbonyl (C=O) groups excluding carboxylic acids is 2. The number of anilines is 1. The molecule has 2 fully saturated rings. The van der Waals surface area contributed by atoms with Crippen molar-refractivity contribution in [3.63, 3.8) is 0 Å². The minimum Gasteiger partial charge on any atom is -0.464 e. The van der Waals surface area contributed by atoms with Crippen molar-refractivity contribution < 1.29 is 18.7 Å². The van der Waals surface area contributed by atoms with E-state index in [2.05, 4.69) is 10.2 Å². The van der Waals surface area contributed by atoms with Gasteiger partial charge in [-0.1, -0.05) is 0 Å². The van der Waals surface area contributed by atoms with Crippen LogP contribution in [0.15, 0.2) is 47.1 Å². The van der Waals surface area contributed by atoms with Crippen molar-refractivity contribution in [1.82, 2.24) is 9.80 Å². The minimum absolute atomic E-state index is 0.0124. The highest BCUT2D eigenvalue weighted by molar-refractivity contribution is 5.93. The first-order valence-electron chi connectivity index (χ1n) is 11.2. The number of nitrogens with zero attached hydrogens (tertiary/aromatic N) is 2. The minimum atomic E-state index is -0.213. The maximum atomic E-state index is 12.9. The van der Waals surface area contributed by atoms with E-state index in [0.29, 0.717) is 12.6 Å². The van der Waals surface area contributed by atoms with Crippen LogP contribution in [0, 0.1) is 5.92 Å². The third kappa shape index (κ3) is 5.28. The molecule has 0 unspecified atom stereocenters. The van der Waals surface area contributed by atoms with Crippen LogP contribution in [0.4, 0.5) is 10.5 Å². The van der Waals surface area contributed by atoms with Crippen molar-refractivity contribution in [3.05, 3.63) is 42.7 Å². The van der Waals surface area contributed by atoms with Gasteiger partial charge in [0.2, 0.25) is 5.91 Å². The van der Waals surface area contributed by atoms with Crippen molar-refractivity contribution in [3.8, 4) is 11.3 Å². The first-order valence-corrected chi connectivity index (χ1v) is 11.2. The van der Waals surface area contributed by atoms with Gasteiger partial charge in [0.1, 0.15) is 5.76 Å². The molecular weight excluding hydrogens is 394 g/mol. The highest BCUT2D eigenvalue weighted by atomic mass is 16.6. The van der Waals surface area contributed by atoms with Gasteiger partial charge in [0.15, 0.2) is 0 Å². The normalized spacial score (nSPS) is 20.4. The molecular formula is C24H31N3O4. The summed E-state index contributed by atoms with van der Waals surface area (Å²) in [6, 6.07) is 12.0. The second kappa shape index (κ2) is 10.0. The molecule has 2 aromatic rings. The Hall–Kier alpha value is -2.80. The van der Waals surface area contributed by atoms with Gasteiger partial charge in [-0.3, -0.25) is 9.69 Å². The summed E-state index contributed by atoms with van der Waals surface area (Å²) in [5.41, 5.74) is 1.79. The Balaban J connectivity index is 1.28. The predicted molar refractivity (Wildman–Crippen MR) is 119 cm³/mol. The van der Waals surface area contributed by atoms with Crippen molar-refractivity contribution in [2.45, 2.75) is 38.6 Å². The summed E-state index contributed by atoms with van der Waals surface area (Å²) in [4.78, 5) is 29.0. The number of carbonyl (C=O) groups is 2. The molecule has 2 saturated heterocycles. The Morgan fingerprint density at radius 2 is 1.87 bits per heavy atom.